The van der Waals surface area contributed by atoms with Crippen molar-refractivity contribution >= 4 is 11.8 Å². The number of imide groups is 1. The van der Waals surface area contributed by atoms with Crippen LogP contribution in [0.2, 0.25) is 0 Å². The number of hydrogen-bond acceptors (Lipinski definition) is 5. The van der Waals surface area contributed by atoms with Crippen molar-refractivity contribution in [2.24, 2.45) is 0 Å². The van der Waals surface area contributed by atoms with E-state index in [4.69, 9.17) is 4.42 Å². The third-order valence-corrected chi connectivity index (χ3v) is 3.56. The number of likely N-dealkylation sites (tertiary alicyclic amines) is 1. The third kappa shape index (κ3) is 2.28. The van der Waals surface area contributed by atoms with E-state index in [2.05, 4.69) is 10.3 Å². The summed E-state index contributed by atoms with van der Waals surface area (Å²) in [6.07, 6.45) is 3.77. The van der Waals surface area contributed by atoms with Crippen molar-refractivity contribution in [3.63, 3.8) is 0 Å². The van der Waals surface area contributed by atoms with Gasteiger partial charge in [-0.25, -0.2) is 4.98 Å². The fourth-order valence-electron chi connectivity index (χ4n) is 2.44. The molecular weight excluding hydrogens is 246 g/mol. The van der Waals surface area contributed by atoms with Crippen molar-refractivity contribution < 1.29 is 14.0 Å². The normalized spacial score (nSPS) is 25.2. The van der Waals surface area contributed by atoms with Crippen molar-refractivity contribution in [1.29, 1.82) is 0 Å². The summed E-state index contributed by atoms with van der Waals surface area (Å²) in [5, 5.41) is 3.13. The predicted molar refractivity (Wildman–Crippen MR) is 66.1 cm³/mol. The zero-order valence-corrected chi connectivity index (χ0v) is 11.0. The summed E-state index contributed by atoms with van der Waals surface area (Å²) >= 11 is 0. The van der Waals surface area contributed by atoms with Crippen LogP contribution in [0.3, 0.4) is 0 Å². The summed E-state index contributed by atoms with van der Waals surface area (Å²) in [4.78, 5) is 29.5. The van der Waals surface area contributed by atoms with E-state index in [1.54, 1.807) is 6.20 Å². The van der Waals surface area contributed by atoms with Crippen molar-refractivity contribution in [3.05, 3.63) is 17.8 Å². The van der Waals surface area contributed by atoms with Gasteiger partial charge in [-0.05, 0) is 26.7 Å². The molecule has 1 saturated heterocycles. The van der Waals surface area contributed by atoms with Crippen LogP contribution >= 0.6 is 0 Å². The van der Waals surface area contributed by atoms with Crippen molar-refractivity contribution in [2.45, 2.75) is 51.2 Å². The molecule has 2 aliphatic rings. The molecule has 2 heterocycles. The summed E-state index contributed by atoms with van der Waals surface area (Å²) < 4.78 is 5.42. The van der Waals surface area contributed by atoms with Crippen LogP contribution in [0.15, 0.2) is 10.6 Å². The quantitative estimate of drug-likeness (QED) is 0.818. The number of nitrogens with one attached hydrogen (secondary N) is 1. The topological polar surface area (TPSA) is 75.4 Å². The Labute approximate surface area is 111 Å². The lowest BCUT2D eigenvalue weighted by atomic mass is 10.2. The number of amides is 2. The molecule has 0 aromatic carbocycles. The van der Waals surface area contributed by atoms with Gasteiger partial charge in [0.2, 0.25) is 17.7 Å². The smallest absolute Gasteiger partial charge is 0.247 e. The molecule has 1 N–H and O–H groups in total. The standard InChI is InChI=1S/C13H17N3O3/c1-7-6-14-12(19-7)8(2)15-10-5-11(17)16(13(10)18)9-3-4-9/h6,8-10,15H,3-5H2,1-2H3. The van der Waals surface area contributed by atoms with E-state index in [-0.39, 0.29) is 30.3 Å². The van der Waals surface area contributed by atoms with E-state index in [9.17, 15) is 9.59 Å². The highest BCUT2D eigenvalue weighted by molar-refractivity contribution is 6.06. The number of aryl methyl sites for hydroxylation is 1. The summed E-state index contributed by atoms with van der Waals surface area (Å²) in [6, 6.07) is -0.490. The second kappa shape index (κ2) is 4.45. The molecule has 1 saturated carbocycles. The van der Waals surface area contributed by atoms with Crippen molar-refractivity contribution in [2.75, 3.05) is 0 Å². The number of hydrogen-bond donors (Lipinski definition) is 1. The van der Waals surface area contributed by atoms with Gasteiger partial charge in [0.05, 0.1) is 24.7 Å². The number of carbonyl (C=O) groups excluding carboxylic acids is 2. The van der Waals surface area contributed by atoms with Gasteiger partial charge in [-0.3, -0.25) is 19.8 Å². The third-order valence-electron chi connectivity index (χ3n) is 3.56. The molecule has 6 nitrogen and oxygen atoms in total. The minimum absolute atomic E-state index is 0.0687. The molecule has 6 heteroatoms. The maximum atomic E-state index is 12.2. The van der Waals surface area contributed by atoms with Gasteiger partial charge in [0.1, 0.15) is 5.76 Å². The lowest BCUT2D eigenvalue weighted by Crippen LogP contribution is -2.40. The van der Waals surface area contributed by atoms with Crippen LogP contribution in [0.4, 0.5) is 0 Å². The first-order chi connectivity index (χ1) is 9.06. The molecule has 2 atom stereocenters. The first-order valence-corrected chi connectivity index (χ1v) is 6.60. The molecule has 1 aliphatic heterocycles. The second-order valence-corrected chi connectivity index (χ2v) is 5.29. The van der Waals surface area contributed by atoms with E-state index in [0.29, 0.717) is 5.89 Å². The van der Waals surface area contributed by atoms with Crippen LogP contribution in [0.25, 0.3) is 0 Å². The summed E-state index contributed by atoms with van der Waals surface area (Å²) in [6.45, 7) is 3.70. The molecular formula is C13H17N3O3. The Hall–Kier alpha value is -1.69. The van der Waals surface area contributed by atoms with Gasteiger partial charge < -0.3 is 4.42 Å². The van der Waals surface area contributed by atoms with Crippen LogP contribution in [0.5, 0.6) is 0 Å². The lowest BCUT2D eigenvalue weighted by molar-refractivity contribution is -0.139. The number of rotatable bonds is 4. The largest absolute Gasteiger partial charge is 0.444 e. The Balaban J connectivity index is 1.67. The predicted octanol–water partition coefficient (Wildman–Crippen LogP) is 0.924. The SMILES string of the molecule is Cc1cnc(C(C)NC2CC(=O)N(C3CC3)C2=O)o1. The monoisotopic (exact) mass is 263 g/mol. The second-order valence-electron chi connectivity index (χ2n) is 5.29. The van der Waals surface area contributed by atoms with Gasteiger partial charge in [0, 0.05) is 6.04 Å². The van der Waals surface area contributed by atoms with E-state index in [1.165, 1.54) is 4.90 Å². The fourth-order valence-corrected chi connectivity index (χ4v) is 2.44. The van der Waals surface area contributed by atoms with Gasteiger partial charge in [0.15, 0.2) is 0 Å². The Morgan fingerprint density at radius 1 is 1.47 bits per heavy atom. The Morgan fingerprint density at radius 3 is 2.79 bits per heavy atom. The van der Waals surface area contributed by atoms with E-state index in [0.717, 1.165) is 18.6 Å². The van der Waals surface area contributed by atoms with Crippen LogP contribution in [0, 0.1) is 6.92 Å². The molecule has 0 radical (unpaired) electrons. The van der Waals surface area contributed by atoms with Crippen LogP contribution in [-0.2, 0) is 9.59 Å². The average Bonchev–Trinajstić information content (AvgIpc) is 3.02. The van der Waals surface area contributed by atoms with Crippen LogP contribution in [0.1, 0.15) is 43.9 Å². The molecule has 2 fully saturated rings. The summed E-state index contributed by atoms with van der Waals surface area (Å²) in [7, 11) is 0. The average molecular weight is 263 g/mol. The number of carbonyl (C=O) groups is 2. The zero-order valence-electron chi connectivity index (χ0n) is 11.0. The molecule has 2 amide bonds. The van der Waals surface area contributed by atoms with Gasteiger partial charge in [-0.2, -0.15) is 0 Å². The van der Waals surface area contributed by atoms with E-state index >= 15 is 0 Å². The molecule has 1 aromatic heterocycles. The molecule has 2 unspecified atom stereocenters. The van der Waals surface area contributed by atoms with Crippen LogP contribution in [-0.4, -0.2) is 33.8 Å². The summed E-state index contributed by atoms with van der Waals surface area (Å²) in [5.41, 5.74) is 0. The van der Waals surface area contributed by atoms with Gasteiger partial charge in [0.25, 0.3) is 0 Å². The maximum Gasteiger partial charge on any atom is 0.247 e. The molecule has 0 spiro atoms. The van der Waals surface area contributed by atoms with Crippen LogP contribution < -0.4 is 5.32 Å². The Kier molecular flexibility index (Phi) is 2.89. The van der Waals surface area contributed by atoms with Gasteiger partial charge in [-0.1, -0.05) is 0 Å². The first kappa shape index (κ1) is 12.3. The molecule has 0 bridgehead atoms. The van der Waals surface area contributed by atoms with Gasteiger partial charge >= 0.3 is 0 Å². The van der Waals surface area contributed by atoms with Crippen molar-refractivity contribution in [1.82, 2.24) is 15.2 Å². The summed E-state index contributed by atoms with van der Waals surface area (Å²) in [5.74, 6) is 1.10. The number of oxazole rings is 1. The molecule has 102 valence electrons. The first-order valence-electron chi connectivity index (χ1n) is 6.60. The lowest BCUT2D eigenvalue weighted by Gasteiger charge is -2.16. The molecule has 3 rings (SSSR count). The number of nitrogens with zero attached hydrogens (tertiary/aromatic N) is 2. The Morgan fingerprint density at radius 2 is 2.21 bits per heavy atom. The highest BCUT2D eigenvalue weighted by atomic mass is 16.4. The molecule has 1 aliphatic carbocycles. The zero-order chi connectivity index (χ0) is 13.6. The van der Waals surface area contributed by atoms with E-state index < -0.39 is 6.04 Å². The Bertz CT molecular complexity index is 521. The number of aromatic nitrogens is 1. The minimum Gasteiger partial charge on any atom is -0.444 e. The fraction of sp³-hybridized carbons (Fsp3) is 0.615. The highest BCUT2D eigenvalue weighted by Gasteiger charge is 2.46. The van der Waals surface area contributed by atoms with Crippen molar-refractivity contribution in [3.8, 4) is 0 Å². The van der Waals surface area contributed by atoms with E-state index in [1.807, 2.05) is 13.8 Å². The molecule has 1 aromatic rings. The maximum absolute atomic E-state index is 12.2. The van der Waals surface area contributed by atoms with Gasteiger partial charge in [-0.15, -0.1) is 0 Å². The highest BCUT2D eigenvalue weighted by Crippen LogP contribution is 2.32. The minimum atomic E-state index is -0.449. The molecule has 19 heavy (non-hydrogen) atoms.